The zero-order chi connectivity index (χ0) is 20.1. The third-order valence-electron chi connectivity index (χ3n) is 5.31. The summed E-state index contributed by atoms with van der Waals surface area (Å²) in [5, 5.41) is 20.7. The number of para-hydroxylation sites is 1. The van der Waals surface area contributed by atoms with Crippen molar-refractivity contribution in [1.29, 1.82) is 0 Å². The topological polar surface area (TPSA) is 52.9 Å². The van der Waals surface area contributed by atoms with Crippen molar-refractivity contribution in [1.82, 2.24) is 4.90 Å². The van der Waals surface area contributed by atoms with Crippen LogP contribution in [-0.2, 0) is 12.8 Å². The average Bonchev–Trinajstić information content (AvgIpc) is 2.86. The fourth-order valence-electron chi connectivity index (χ4n) is 3.93. The molecule has 28 heavy (non-hydrogen) atoms. The van der Waals surface area contributed by atoms with Gasteiger partial charge >= 0.3 is 0 Å². The molecule has 1 atom stereocenters. The van der Waals surface area contributed by atoms with Gasteiger partial charge in [0.05, 0.1) is 10.0 Å². The van der Waals surface area contributed by atoms with Crippen LogP contribution in [0, 0.1) is 0 Å². The lowest BCUT2D eigenvalue weighted by atomic mass is 10.00. The molecule has 0 bridgehead atoms. The fraction of sp³-hybridized carbons (Fsp3) is 0.455. The van der Waals surface area contributed by atoms with Crippen LogP contribution in [0.1, 0.15) is 37.3 Å². The summed E-state index contributed by atoms with van der Waals surface area (Å²) in [6, 6.07) is 9.15. The van der Waals surface area contributed by atoms with Crippen molar-refractivity contribution in [3.05, 3.63) is 51.5 Å². The maximum absolute atomic E-state index is 9.91. The number of benzene rings is 2. The highest BCUT2D eigenvalue weighted by atomic mass is 35.5. The van der Waals surface area contributed by atoms with E-state index in [1.807, 2.05) is 0 Å². The van der Waals surface area contributed by atoms with Gasteiger partial charge in [0.1, 0.15) is 6.61 Å². The smallest absolute Gasteiger partial charge is 0.157 e. The van der Waals surface area contributed by atoms with Crippen molar-refractivity contribution in [3.63, 3.8) is 0 Å². The van der Waals surface area contributed by atoms with Crippen LogP contribution in [0.2, 0.25) is 10.0 Å². The van der Waals surface area contributed by atoms with Crippen LogP contribution in [-0.4, -0.2) is 40.9 Å². The molecule has 1 aliphatic rings. The average molecular weight is 424 g/mol. The van der Waals surface area contributed by atoms with Crippen LogP contribution in [0.15, 0.2) is 30.3 Å². The standard InChI is InChI=1S/C22H27Cl2NO3/c1-2-9-25(10-11-28-22-18(23)7-4-8-19(22)24)17-6-3-5-15-13-20(26)21(27)14-16(15)12-17/h4,7-8,13-14,17,26-27H,2-3,5-6,9-12H2,1H3. The highest BCUT2D eigenvalue weighted by Crippen LogP contribution is 2.34. The first-order chi connectivity index (χ1) is 13.5. The first-order valence-electron chi connectivity index (χ1n) is 9.84. The Morgan fingerprint density at radius 3 is 2.43 bits per heavy atom. The number of hydrogen-bond donors (Lipinski definition) is 2. The Morgan fingerprint density at radius 1 is 1.07 bits per heavy atom. The molecule has 1 unspecified atom stereocenters. The predicted octanol–water partition coefficient (Wildman–Crippen LogP) is 5.44. The van der Waals surface area contributed by atoms with Crippen LogP contribution >= 0.6 is 23.2 Å². The van der Waals surface area contributed by atoms with Crippen LogP contribution < -0.4 is 4.74 Å². The lowest BCUT2D eigenvalue weighted by Gasteiger charge is -2.31. The van der Waals surface area contributed by atoms with E-state index in [9.17, 15) is 10.2 Å². The van der Waals surface area contributed by atoms with Gasteiger partial charge in [-0.1, -0.05) is 36.2 Å². The number of fused-ring (bicyclic) bond motifs is 1. The molecule has 1 aliphatic carbocycles. The molecule has 4 nitrogen and oxygen atoms in total. The van der Waals surface area contributed by atoms with E-state index in [2.05, 4.69) is 11.8 Å². The van der Waals surface area contributed by atoms with Crippen molar-refractivity contribution in [2.75, 3.05) is 19.7 Å². The molecule has 2 aromatic rings. The van der Waals surface area contributed by atoms with E-state index in [-0.39, 0.29) is 11.5 Å². The molecule has 2 aromatic carbocycles. The van der Waals surface area contributed by atoms with Gasteiger partial charge in [0.25, 0.3) is 0 Å². The van der Waals surface area contributed by atoms with E-state index < -0.39 is 0 Å². The molecule has 0 spiro atoms. The SMILES string of the molecule is CCCN(CCOc1c(Cl)cccc1Cl)C1CCCc2cc(O)c(O)cc2C1. The first-order valence-corrected chi connectivity index (χ1v) is 10.6. The molecule has 2 N–H and O–H groups in total. The Hall–Kier alpha value is -1.62. The Labute approximate surface area is 176 Å². The monoisotopic (exact) mass is 423 g/mol. The molecule has 0 fully saturated rings. The van der Waals surface area contributed by atoms with Gasteiger partial charge in [-0.2, -0.15) is 0 Å². The molecule has 6 heteroatoms. The van der Waals surface area contributed by atoms with Crippen LogP contribution in [0.3, 0.4) is 0 Å². The Morgan fingerprint density at radius 2 is 1.75 bits per heavy atom. The summed E-state index contributed by atoms with van der Waals surface area (Å²) in [7, 11) is 0. The highest BCUT2D eigenvalue weighted by Gasteiger charge is 2.23. The zero-order valence-corrected chi connectivity index (χ0v) is 17.6. The van der Waals surface area contributed by atoms with Gasteiger partial charge in [-0.15, -0.1) is 0 Å². The summed E-state index contributed by atoms with van der Waals surface area (Å²) in [5.41, 5.74) is 2.25. The van der Waals surface area contributed by atoms with Crippen molar-refractivity contribution in [3.8, 4) is 17.2 Å². The quantitative estimate of drug-likeness (QED) is 0.459. The number of phenols is 2. The number of nitrogens with zero attached hydrogens (tertiary/aromatic N) is 1. The van der Waals surface area contributed by atoms with Gasteiger partial charge in [-0.3, -0.25) is 4.90 Å². The number of ether oxygens (including phenoxy) is 1. The lowest BCUT2D eigenvalue weighted by molar-refractivity contribution is 0.151. The molecule has 0 aromatic heterocycles. The summed E-state index contributed by atoms with van der Waals surface area (Å²) in [5.74, 6) is 0.458. The Bertz CT molecular complexity index is 792. The third-order valence-corrected chi connectivity index (χ3v) is 5.90. The van der Waals surface area contributed by atoms with Gasteiger partial charge in [0.15, 0.2) is 17.2 Å². The molecule has 3 rings (SSSR count). The number of hydrogen-bond acceptors (Lipinski definition) is 4. The number of halogens is 2. The number of phenolic OH excluding ortho intramolecular Hbond substituents is 2. The second kappa shape index (κ2) is 9.73. The maximum Gasteiger partial charge on any atom is 0.157 e. The Kier molecular flexibility index (Phi) is 7.33. The molecule has 0 aliphatic heterocycles. The minimum Gasteiger partial charge on any atom is -0.504 e. The van der Waals surface area contributed by atoms with Crippen LogP contribution in [0.25, 0.3) is 0 Å². The first kappa shape index (κ1) is 21.1. The van der Waals surface area contributed by atoms with Crippen molar-refractivity contribution >= 4 is 23.2 Å². The van der Waals surface area contributed by atoms with Crippen molar-refractivity contribution < 1.29 is 14.9 Å². The second-order valence-electron chi connectivity index (χ2n) is 7.30. The molecular formula is C22H27Cl2NO3. The minimum absolute atomic E-state index is 0.0346. The van der Waals surface area contributed by atoms with Gasteiger partial charge in [0, 0.05) is 12.6 Å². The maximum atomic E-state index is 9.91. The van der Waals surface area contributed by atoms with E-state index in [0.717, 1.165) is 56.3 Å². The normalized spacial score (nSPS) is 16.6. The van der Waals surface area contributed by atoms with Gasteiger partial charge in [-0.25, -0.2) is 0 Å². The minimum atomic E-state index is -0.0434. The lowest BCUT2D eigenvalue weighted by Crippen LogP contribution is -2.40. The molecular weight excluding hydrogens is 397 g/mol. The van der Waals surface area contributed by atoms with E-state index >= 15 is 0 Å². The Balaban J connectivity index is 1.68. The van der Waals surface area contributed by atoms with Crippen LogP contribution in [0.4, 0.5) is 0 Å². The molecule has 0 amide bonds. The van der Waals surface area contributed by atoms with Crippen LogP contribution in [0.5, 0.6) is 17.2 Å². The predicted molar refractivity (Wildman–Crippen MR) is 114 cm³/mol. The summed E-state index contributed by atoms with van der Waals surface area (Å²) < 4.78 is 5.89. The van der Waals surface area contributed by atoms with Gasteiger partial charge < -0.3 is 14.9 Å². The number of rotatable bonds is 7. The van der Waals surface area contributed by atoms with E-state index in [0.29, 0.717) is 28.4 Å². The van der Waals surface area contributed by atoms with E-state index in [1.54, 1.807) is 30.3 Å². The second-order valence-corrected chi connectivity index (χ2v) is 8.11. The fourth-order valence-corrected chi connectivity index (χ4v) is 4.44. The van der Waals surface area contributed by atoms with Gasteiger partial charge in [0.2, 0.25) is 0 Å². The zero-order valence-electron chi connectivity index (χ0n) is 16.1. The number of aryl methyl sites for hydroxylation is 1. The largest absolute Gasteiger partial charge is 0.504 e. The summed E-state index contributed by atoms with van der Waals surface area (Å²) >= 11 is 12.4. The summed E-state index contributed by atoms with van der Waals surface area (Å²) in [6.07, 6.45) is 4.96. The summed E-state index contributed by atoms with van der Waals surface area (Å²) in [6.45, 7) is 4.43. The molecule has 0 saturated heterocycles. The molecule has 0 heterocycles. The number of aromatic hydroxyl groups is 2. The van der Waals surface area contributed by atoms with Crippen molar-refractivity contribution in [2.45, 2.75) is 45.1 Å². The highest BCUT2D eigenvalue weighted by molar-refractivity contribution is 6.37. The van der Waals surface area contributed by atoms with Crippen molar-refractivity contribution in [2.24, 2.45) is 0 Å². The third kappa shape index (κ3) is 5.05. The molecule has 0 saturated carbocycles. The molecule has 152 valence electrons. The molecule has 0 radical (unpaired) electrons. The van der Waals surface area contributed by atoms with E-state index in [1.165, 1.54) is 0 Å². The van der Waals surface area contributed by atoms with E-state index in [4.69, 9.17) is 27.9 Å². The van der Waals surface area contributed by atoms with Gasteiger partial charge in [-0.05, 0) is 74.0 Å². The summed E-state index contributed by atoms with van der Waals surface area (Å²) in [4.78, 5) is 2.45.